The molecule has 3 aromatic heterocycles. The highest BCUT2D eigenvalue weighted by molar-refractivity contribution is 5.92. The summed E-state index contributed by atoms with van der Waals surface area (Å²) in [6, 6.07) is 13.0. The number of carbonyl (C=O) groups excluding carboxylic acids is 1. The van der Waals surface area contributed by atoms with Gasteiger partial charge in [0, 0.05) is 47.7 Å². The first-order valence-electron chi connectivity index (χ1n) is 9.30. The quantitative estimate of drug-likeness (QED) is 0.521. The molecule has 4 rings (SSSR count). The predicted octanol–water partition coefficient (Wildman–Crippen LogP) is 3.56. The zero-order chi connectivity index (χ0) is 20.1. The molecule has 0 aliphatic heterocycles. The Labute approximate surface area is 167 Å². The third-order valence-corrected chi connectivity index (χ3v) is 4.44. The molecule has 0 saturated heterocycles. The molecule has 3 heterocycles. The zero-order valence-electron chi connectivity index (χ0n) is 15.9. The molecule has 4 aromatic rings. The lowest BCUT2D eigenvalue weighted by Crippen LogP contribution is -2.34. The van der Waals surface area contributed by atoms with Gasteiger partial charge in [0.2, 0.25) is 0 Å². The molecule has 7 heteroatoms. The molecule has 29 heavy (non-hydrogen) atoms. The Morgan fingerprint density at radius 1 is 1.14 bits per heavy atom. The number of carbonyl (C=O) groups is 1. The topological polar surface area (TPSA) is 90.1 Å². The molecule has 0 bridgehead atoms. The minimum Gasteiger partial charge on any atom is -0.485 e. The normalized spacial score (nSPS) is 11.9. The SMILES string of the molecule is C[C@@H](Cc1cccnc1)NC(=O)c1cc(COc2cccc3cnccc23)on1. The number of nitrogens with one attached hydrogen (secondary N) is 1. The van der Waals surface area contributed by atoms with Crippen LogP contribution in [0, 0.1) is 0 Å². The van der Waals surface area contributed by atoms with Crippen molar-refractivity contribution < 1.29 is 14.1 Å². The fraction of sp³-hybridized carbons (Fsp3) is 0.182. The van der Waals surface area contributed by atoms with E-state index in [1.165, 1.54) is 0 Å². The maximum absolute atomic E-state index is 12.4. The third kappa shape index (κ3) is 4.57. The van der Waals surface area contributed by atoms with Crippen LogP contribution in [0.1, 0.15) is 28.7 Å². The van der Waals surface area contributed by atoms with Crippen molar-refractivity contribution in [3.63, 3.8) is 0 Å². The average Bonchev–Trinajstić information content (AvgIpc) is 3.22. The molecule has 1 N–H and O–H groups in total. The summed E-state index contributed by atoms with van der Waals surface area (Å²) in [5, 5.41) is 8.73. The zero-order valence-corrected chi connectivity index (χ0v) is 15.9. The molecule has 7 nitrogen and oxygen atoms in total. The largest absolute Gasteiger partial charge is 0.485 e. The summed E-state index contributed by atoms with van der Waals surface area (Å²) in [7, 11) is 0. The van der Waals surface area contributed by atoms with Crippen LogP contribution in [0.2, 0.25) is 0 Å². The van der Waals surface area contributed by atoms with Gasteiger partial charge in [-0.25, -0.2) is 0 Å². The molecule has 0 fully saturated rings. The minimum absolute atomic E-state index is 0.0626. The molecule has 1 amide bonds. The van der Waals surface area contributed by atoms with Gasteiger partial charge in [-0.05, 0) is 37.1 Å². The number of benzene rings is 1. The van der Waals surface area contributed by atoms with E-state index < -0.39 is 0 Å². The number of fused-ring (bicyclic) bond motifs is 1. The molecular formula is C22H20N4O3. The van der Waals surface area contributed by atoms with E-state index in [2.05, 4.69) is 20.4 Å². The molecule has 146 valence electrons. The van der Waals surface area contributed by atoms with Gasteiger partial charge in [0.15, 0.2) is 11.5 Å². The van der Waals surface area contributed by atoms with E-state index in [0.717, 1.165) is 22.1 Å². The van der Waals surface area contributed by atoms with Crippen LogP contribution in [-0.2, 0) is 13.0 Å². The molecule has 0 saturated carbocycles. The van der Waals surface area contributed by atoms with Gasteiger partial charge < -0.3 is 14.6 Å². The Morgan fingerprint density at radius 3 is 2.90 bits per heavy atom. The van der Waals surface area contributed by atoms with E-state index in [0.29, 0.717) is 12.2 Å². The van der Waals surface area contributed by atoms with Crippen LogP contribution in [0.3, 0.4) is 0 Å². The second kappa shape index (κ2) is 8.52. The highest BCUT2D eigenvalue weighted by Gasteiger charge is 2.16. The van der Waals surface area contributed by atoms with Gasteiger partial charge in [0.05, 0.1) is 0 Å². The van der Waals surface area contributed by atoms with Gasteiger partial charge in [-0.15, -0.1) is 0 Å². The molecule has 0 radical (unpaired) electrons. The van der Waals surface area contributed by atoms with Crippen molar-refractivity contribution in [3.05, 3.63) is 84.3 Å². The lowest BCUT2D eigenvalue weighted by molar-refractivity contribution is 0.0930. The summed E-state index contributed by atoms with van der Waals surface area (Å²) in [5.74, 6) is 0.908. The summed E-state index contributed by atoms with van der Waals surface area (Å²) >= 11 is 0. The smallest absolute Gasteiger partial charge is 0.273 e. The Morgan fingerprint density at radius 2 is 2.03 bits per heavy atom. The summed E-state index contributed by atoms with van der Waals surface area (Å²) < 4.78 is 11.1. The van der Waals surface area contributed by atoms with Crippen molar-refractivity contribution in [2.45, 2.75) is 26.0 Å². The molecular weight excluding hydrogens is 368 g/mol. The second-order valence-corrected chi connectivity index (χ2v) is 6.76. The van der Waals surface area contributed by atoms with E-state index in [1.807, 2.05) is 43.3 Å². The molecule has 0 aliphatic carbocycles. The van der Waals surface area contributed by atoms with Crippen LogP contribution in [0.5, 0.6) is 5.75 Å². The van der Waals surface area contributed by atoms with E-state index in [1.54, 1.807) is 30.9 Å². The summed E-state index contributed by atoms with van der Waals surface area (Å²) in [5.41, 5.74) is 1.28. The standard InChI is InChI=1S/C22H20N4O3/c1-15(10-16-4-3-8-23-12-16)25-22(27)20-11-18(29-26-20)14-28-21-6-2-5-17-13-24-9-7-19(17)21/h2-9,11-13,15H,10,14H2,1H3,(H,25,27)/t15-/m0/s1. The number of ether oxygens (including phenoxy) is 1. The van der Waals surface area contributed by atoms with E-state index in [-0.39, 0.29) is 24.2 Å². The molecule has 0 unspecified atom stereocenters. The predicted molar refractivity (Wildman–Crippen MR) is 107 cm³/mol. The van der Waals surface area contributed by atoms with Gasteiger partial charge in [-0.2, -0.15) is 0 Å². The number of pyridine rings is 2. The summed E-state index contributed by atoms with van der Waals surface area (Å²) in [6.07, 6.45) is 7.70. The number of amides is 1. The van der Waals surface area contributed by atoms with E-state index in [4.69, 9.17) is 9.26 Å². The Bertz CT molecular complexity index is 1110. The number of hydrogen-bond acceptors (Lipinski definition) is 6. The number of nitrogens with zero attached hydrogens (tertiary/aromatic N) is 3. The minimum atomic E-state index is -0.285. The van der Waals surface area contributed by atoms with Gasteiger partial charge >= 0.3 is 0 Å². The van der Waals surface area contributed by atoms with Crippen molar-refractivity contribution in [2.75, 3.05) is 0 Å². The summed E-state index contributed by atoms with van der Waals surface area (Å²) in [4.78, 5) is 20.6. The number of aromatic nitrogens is 3. The van der Waals surface area contributed by atoms with Crippen LogP contribution in [-0.4, -0.2) is 27.1 Å². The van der Waals surface area contributed by atoms with Crippen LogP contribution in [0.15, 0.2) is 71.8 Å². The lowest BCUT2D eigenvalue weighted by atomic mass is 10.1. The highest BCUT2D eigenvalue weighted by Crippen LogP contribution is 2.25. The first-order valence-corrected chi connectivity index (χ1v) is 9.30. The first-order chi connectivity index (χ1) is 14.2. The van der Waals surface area contributed by atoms with E-state index in [9.17, 15) is 4.79 Å². The summed E-state index contributed by atoms with van der Waals surface area (Å²) in [6.45, 7) is 2.11. The molecule has 0 spiro atoms. The van der Waals surface area contributed by atoms with Crippen LogP contribution < -0.4 is 10.1 Å². The monoisotopic (exact) mass is 388 g/mol. The molecule has 0 aliphatic rings. The third-order valence-electron chi connectivity index (χ3n) is 4.44. The maximum Gasteiger partial charge on any atom is 0.273 e. The van der Waals surface area contributed by atoms with Crippen LogP contribution in [0.25, 0.3) is 10.8 Å². The Hall–Kier alpha value is -3.74. The van der Waals surface area contributed by atoms with E-state index >= 15 is 0 Å². The van der Waals surface area contributed by atoms with Crippen molar-refractivity contribution >= 4 is 16.7 Å². The number of rotatable bonds is 7. The van der Waals surface area contributed by atoms with Gasteiger partial charge in [0.25, 0.3) is 5.91 Å². The molecule has 1 atom stereocenters. The average molecular weight is 388 g/mol. The van der Waals surface area contributed by atoms with Gasteiger partial charge in [-0.3, -0.25) is 14.8 Å². The lowest BCUT2D eigenvalue weighted by Gasteiger charge is -2.12. The molecule has 1 aromatic carbocycles. The Kier molecular flexibility index (Phi) is 5.47. The van der Waals surface area contributed by atoms with Crippen molar-refractivity contribution in [1.82, 2.24) is 20.4 Å². The highest BCUT2D eigenvalue weighted by atomic mass is 16.5. The van der Waals surface area contributed by atoms with Gasteiger partial charge in [0.1, 0.15) is 12.4 Å². The van der Waals surface area contributed by atoms with Gasteiger partial charge in [-0.1, -0.05) is 23.4 Å². The van der Waals surface area contributed by atoms with Crippen LogP contribution >= 0.6 is 0 Å². The van der Waals surface area contributed by atoms with Crippen LogP contribution in [0.4, 0.5) is 0 Å². The maximum atomic E-state index is 12.4. The number of hydrogen-bond donors (Lipinski definition) is 1. The fourth-order valence-electron chi connectivity index (χ4n) is 3.08. The van der Waals surface area contributed by atoms with Crippen molar-refractivity contribution in [3.8, 4) is 5.75 Å². The van der Waals surface area contributed by atoms with Crippen molar-refractivity contribution in [2.24, 2.45) is 0 Å². The first kappa shape index (κ1) is 18.6. The fourth-order valence-corrected chi connectivity index (χ4v) is 3.08. The van der Waals surface area contributed by atoms with Crippen molar-refractivity contribution in [1.29, 1.82) is 0 Å². The second-order valence-electron chi connectivity index (χ2n) is 6.76. The Balaban J connectivity index is 1.36.